The molecule has 2 aliphatic carbocycles. The minimum Gasteiger partial charge on any atom is -0.311 e. The lowest BCUT2D eigenvalue weighted by molar-refractivity contribution is 0.0690. The van der Waals surface area contributed by atoms with E-state index in [1.165, 1.54) is 58.0 Å². The second-order valence-corrected chi connectivity index (χ2v) is 6.09. The number of nitrogens with one attached hydrogen (secondary N) is 1. The van der Waals surface area contributed by atoms with Gasteiger partial charge in [0, 0.05) is 18.6 Å². The Morgan fingerprint density at radius 1 is 1.13 bits per heavy atom. The van der Waals surface area contributed by atoms with Crippen molar-refractivity contribution in [2.45, 2.75) is 57.0 Å². The zero-order chi connectivity index (χ0) is 10.3. The molecule has 3 aliphatic rings. The van der Waals surface area contributed by atoms with Crippen LogP contribution in [0.25, 0.3) is 0 Å². The van der Waals surface area contributed by atoms with E-state index in [-0.39, 0.29) is 0 Å². The van der Waals surface area contributed by atoms with Gasteiger partial charge in [-0.2, -0.15) is 0 Å². The first-order valence-corrected chi connectivity index (χ1v) is 6.73. The van der Waals surface area contributed by atoms with Crippen LogP contribution in [0, 0.1) is 5.41 Å². The molecule has 1 aliphatic heterocycles. The fourth-order valence-electron chi connectivity index (χ4n) is 3.76. The predicted octanol–water partition coefficient (Wildman–Crippen LogP) is 2.00. The van der Waals surface area contributed by atoms with Gasteiger partial charge in [0.15, 0.2) is 0 Å². The fraction of sp³-hybridized carbons (Fsp3) is 1.00. The molecule has 1 spiro atoms. The summed E-state index contributed by atoms with van der Waals surface area (Å²) in [6, 6.07) is 1.72. The number of rotatable bonds is 2. The summed E-state index contributed by atoms with van der Waals surface area (Å²) in [5.74, 6) is 0. The normalized spacial score (nSPS) is 36.2. The van der Waals surface area contributed by atoms with Gasteiger partial charge < -0.3 is 10.2 Å². The van der Waals surface area contributed by atoms with E-state index in [2.05, 4.69) is 17.3 Å². The summed E-state index contributed by atoms with van der Waals surface area (Å²) in [5.41, 5.74) is 0.648. The average Bonchev–Trinajstić information content (AvgIpc) is 2.92. The largest absolute Gasteiger partial charge is 0.311 e. The Morgan fingerprint density at radius 3 is 2.53 bits per heavy atom. The highest BCUT2D eigenvalue weighted by Crippen LogP contribution is 2.45. The minimum absolute atomic E-state index is 0.648. The van der Waals surface area contributed by atoms with E-state index in [1.807, 2.05) is 0 Å². The molecular formula is C13H24N2. The van der Waals surface area contributed by atoms with Crippen molar-refractivity contribution in [1.82, 2.24) is 10.2 Å². The minimum atomic E-state index is 0.648. The van der Waals surface area contributed by atoms with Crippen molar-refractivity contribution < 1.29 is 0 Å². The number of piperidine rings is 1. The number of hydrogen-bond donors (Lipinski definition) is 1. The second-order valence-electron chi connectivity index (χ2n) is 6.09. The van der Waals surface area contributed by atoms with Gasteiger partial charge in [-0.15, -0.1) is 0 Å². The van der Waals surface area contributed by atoms with E-state index in [4.69, 9.17) is 0 Å². The Bertz CT molecular complexity index is 229. The molecule has 1 unspecified atom stereocenters. The third kappa shape index (κ3) is 1.94. The predicted molar refractivity (Wildman–Crippen MR) is 63.0 cm³/mol. The van der Waals surface area contributed by atoms with E-state index in [9.17, 15) is 0 Å². The van der Waals surface area contributed by atoms with E-state index < -0.39 is 0 Å². The monoisotopic (exact) mass is 208 g/mol. The van der Waals surface area contributed by atoms with Crippen molar-refractivity contribution in [2.75, 3.05) is 20.1 Å². The molecule has 0 amide bonds. The van der Waals surface area contributed by atoms with Crippen LogP contribution in [0.4, 0.5) is 0 Å². The number of likely N-dealkylation sites (tertiary alicyclic amines) is 1. The highest BCUT2D eigenvalue weighted by Gasteiger charge is 2.45. The van der Waals surface area contributed by atoms with Gasteiger partial charge in [0.2, 0.25) is 0 Å². The van der Waals surface area contributed by atoms with Gasteiger partial charge in [-0.05, 0) is 51.1 Å². The summed E-state index contributed by atoms with van der Waals surface area (Å²) in [6.07, 6.45) is 10.1. The first kappa shape index (κ1) is 10.1. The van der Waals surface area contributed by atoms with E-state index in [0.717, 1.165) is 12.1 Å². The second kappa shape index (κ2) is 3.74. The molecule has 15 heavy (non-hydrogen) atoms. The number of nitrogens with zero attached hydrogens (tertiary/aromatic N) is 1. The molecule has 0 bridgehead atoms. The van der Waals surface area contributed by atoms with Crippen LogP contribution >= 0.6 is 0 Å². The summed E-state index contributed by atoms with van der Waals surface area (Å²) in [5, 5.41) is 3.92. The first-order chi connectivity index (χ1) is 7.28. The topological polar surface area (TPSA) is 15.3 Å². The molecule has 3 fully saturated rings. The molecule has 0 radical (unpaired) electrons. The summed E-state index contributed by atoms with van der Waals surface area (Å²) in [7, 11) is 2.30. The van der Waals surface area contributed by atoms with Crippen molar-refractivity contribution in [3.63, 3.8) is 0 Å². The maximum absolute atomic E-state index is 3.92. The van der Waals surface area contributed by atoms with Crippen molar-refractivity contribution in [1.29, 1.82) is 0 Å². The lowest BCUT2D eigenvalue weighted by Crippen LogP contribution is -2.55. The van der Waals surface area contributed by atoms with Gasteiger partial charge in [-0.25, -0.2) is 0 Å². The molecule has 1 atom stereocenters. The van der Waals surface area contributed by atoms with Crippen LogP contribution in [-0.2, 0) is 0 Å². The van der Waals surface area contributed by atoms with Gasteiger partial charge >= 0.3 is 0 Å². The molecule has 2 heteroatoms. The van der Waals surface area contributed by atoms with Gasteiger partial charge in [-0.3, -0.25) is 0 Å². The summed E-state index contributed by atoms with van der Waals surface area (Å²) in [4.78, 5) is 2.55. The fourth-order valence-corrected chi connectivity index (χ4v) is 3.76. The van der Waals surface area contributed by atoms with Crippen molar-refractivity contribution in [3.8, 4) is 0 Å². The van der Waals surface area contributed by atoms with Crippen LogP contribution in [0.5, 0.6) is 0 Å². The van der Waals surface area contributed by atoms with Crippen molar-refractivity contribution >= 4 is 0 Å². The summed E-state index contributed by atoms with van der Waals surface area (Å²) < 4.78 is 0. The van der Waals surface area contributed by atoms with Crippen LogP contribution in [0.2, 0.25) is 0 Å². The van der Waals surface area contributed by atoms with Crippen LogP contribution in [-0.4, -0.2) is 37.1 Å². The standard InChI is InChI=1S/C13H24N2/c1-15-9-6-12(14-11-4-5-11)13(10-15)7-2-3-8-13/h11-12,14H,2-10H2,1H3. The zero-order valence-electron chi connectivity index (χ0n) is 9.97. The maximum Gasteiger partial charge on any atom is 0.0150 e. The molecule has 0 aromatic rings. The Morgan fingerprint density at radius 2 is 1.87 bits per heavy atom. The maximum atomic E-state index is 3.92. The molecule has 0 aromatic carbocycles. The lowest BCUT2D eigenvalue weighted by atomic mass is 9.74. The quantitative estimate of drug-likeness (QED) is 0.747. The molecule has 0 aromatic heterocycles. The third-order valence-corrected chi connectivity index (χ3v) is 4.74. The van der Waals surface area contributed by atoms with Crippen molar-refractivity contribution in [2.24, 2.45) is 5.41 Å². The lowest BCUT2D eigenvalue weighted by Gasteiger charge is -2.46. The van der Waals surface area contributed by atoms with Crippen LogP contribution in [0.15, 0.2) is 0 Å². The molecule has 2 nitrogen and oxygen atoms in total. The molecule has 2 saturated carbocycles. The third-order valence-electron chi connectivity index (χ3n) is 4.74. The van der Waals surface area contributed by atoms with Crippen molar-refractivity contribution in [3.05, 3.63) is 0 Å². The van der Waals surface area contributed by atoms with Gasteiger partial charge in [0.05, 0.1) is 0 Å². The highest BCUT2D eigenvalue weighted by molar-refractivity contribution is 5.02. The molecule has 1 N–H and O–H groups in total. The first-order valence-electron chi connectivity index (χ1n) is 6.73. The Balaban J connectivity index is 1.71. The van der Waals surface area contributed by atoms with E-state index in [1.54, 1.807) is 0 Å². The molecule has 3 rings (SSSR count). The average molecular weight is 208 g/mol. The highest BCUT2D eigenvalue weighted by atomic mass is 15.1. The van der Waals surface area contributed by atoms with Crippen LogP contribution < -0.4 is 5.32 Å². The summed E-state index contributed by atoms with van der Waals surface area (Å²) in [6.45, 7) is 2.64. The van der Waals surface area contributed by atoms with Crippen LogP contribution in [0.3, 0.4) is 0 Å². The smallest absolute Gasteiger partial charge is 0.0150 e. The Kier molecular flexibility index (Phi) is 2.52. The SMILES string of the molecule is CN1CCC(NC2CC2)C2(CCCC2)C1. The van der Waals surface area contributed by atoms with Gasteiger partial charge in [0.25, 0.3) is 0 Å². The van der Waals surface area contributed by atoms with E-state index >= 15 is 0 Å². The van der Waals surface area contributed by atoms with Gasteiger partial charge in [0.1, 0.15) is 0 Å². The zero-order valence-corrected chi connectivity index (χ0v) is 9.97. The van der Waals surface area contributed by atoms with E-state index in [0.29, 0.717) is 5.41 Å². The molecule has 1 saturated heterocycles. The Labute approximate surface area is 93.4 Å². The Hall–Kier alpha value is -0.0800. The number of hydrogen-bond acceptors (Lipinski definition) is 2. The summed E-state index contributed by atoms with van der Waals surface area (Å²) >= 11 is 0. The molecular weight excluding hydrogens is 184 g/mol. The molecule has 86 valence electrons. The van der Waals surface area contributed by atoms with Gasteiger partial charge in [-0.1, -0.05) is 12.8 Å². The molecule has 1 heterocycles. The van der Waals surface area contributed by atoms with Crippen LogP contribution in [0.1, 0.15) is 44.9 Å².